The lowest BCUT2D eigenvalue weighted by molar-refractivity contribution is 0.103. The van der Waals surface area contributed by atoms with Gasteiger partial charge in [-0.15, -0.1) is 11.3 Å². The number of carbonyl (C=O) groups excluding carboxylic acids is 1. The van der Waals surface area contributed by atoms with Gasteiger partial charge in [-0.3, -0.25) is 4.79 Å². The second-order valence-electron chi connectivity index (χ2n) is 5.22. The molecular formula is C18H15Cl2NO4S. The fraction of sp³-hybridized carbons (Fsp3) is 0.167. The van der Waals surface area contributed by atoms with Crippen LogP contribution in [-0.2, 0) is 0 Å². The molecule has 0 spiro atoms. The molecule has 0 aliphatic carbocycles. The first kappa shape index (κ1) is 18.6. The predicted molar refractivity (Wildman–Crippen MR) is 106 cm³/mol. The highest BCUT2D eigenvalue weighted by atomic mass is 35.5. The molecule has 0 saturated heterocycles. The van der Waals surface area contributed by atoms with E-state index in [4.69, 9.17) is 37.4 Å². The van der Waals surface area contributed by atoms with Crippen LogP contribution in [-0.4, -0.2) is 27.2 Å². The van der Waals surface area contributed by atoms with Gasteiger partial charge in [-0.2, -0.15) is 0 Å². The summed E-state index contributed by atoms with van der Waals surface area (Å²) >= 11 is 14.0. The highest BCUT2D eigenvalue weighted by Gasteiger charge is 2.21. The van der Waals surface area contributed by atoms with Gasteiger partial charge in [-0.05, 0) is 24.3 Å². The Labute approximate surface area is 164 Å². The Kier molecular flexibility index (Phi) is 5.46. The van der Waals surface area contributed by atoms with Crippen molar-refractivity contribution in [3.05, 3.63) is 45.3 Å². The summed E-state index contributed by atoms with van der Waals surface area (Å²) in [6.45, 7) is 0. The molecular weight excluding hydrogens is 397 g/mol. The molecule has 8 heteroatoms. The van der Waals surface area contributed by atoms with E-state index in [-0.39, 0.29) is 5.91 Å². The Morgan fingerprint density at radius 2 is 1.65 bits per heavy atom. The van der Waals surface area contributed by atoms with Crippen molar-refractivity contribution < 1.29 is 19.0 Å². The van der Waals surface area contributed by atoms with Crippen LogP contribution in [0.3, 0.4) is 0 Å². The molecule has 0 aliphatic heterocycles. The van der Waals surface area contributed by atoms with Crippen molar-refractivity contribution in [2.24, 2.45) is 0 Å². The number of thiophene rings is 1. The topological polar surface area (TPSA) is 56.8 Å². The summed E-state index contributed by atoms with van der Waals surface area (Å²) in [6, 6.07) is 8.63. The standard InChI is InChI=1S/C18H15Cl2NO4S/c1-23-9-4-6-12(24-2)11(8-9)21-18(22)17-14(19)10-5-7-13(25-3)15(20)16(10)26-17/h4-8H,1-3H3,(H,21,22). The Morgan fingerprint density at radius 1 is 0.962 bits per heavy atom. The number of nitrogens with one attached hydrogen (secondary N) is 1. The number of rotatable bonds is 5. The minimum atomic E-state index is -0.363. The number of methoxy groups -OCH3 is 3. The summed E-state index contributed by atoms with van der Waals surface area (Å²) in [7, 11) is 4.60. The lowest BCUT2D eigenvalue weighted by Gasteiger charge is -2.11. The molecule has 1 aromatic heterocycles. The first-order valence-corrected chi connectivity index (χ1v) is 9.05. The van der Waals surface area contributed by atoms with E-state index < -0.39 is 0 Å². The van der Waals surface area contributed by atoms with E-state index in [1.165, 1.54) is 25.6 Å². The van der Waals surface area contributed by atoms with Crippen molar-refractivity contribution in [3.8, 4) is 17.2 Å². The van der Waals surface area contributed by atoms with Crippen LogP contribution in [0.4, 0.5) is 5.69 Å². The maximum absolute atomic E-state index is 12.8. The predicted octanol–water partition coefficient (Wildman–Crippen LogP) is 5.49. The van der Waals surface area contributed by atoms with Crippen LogP contribution in [0, 0.1) is 0 Å². The SMILES string of the molecule is COc1ccc(OC)c(NC(=O)c2sc3c(Cl)c(OC)ccc3c2Cl)c1. The molecule has 1 amide bonds. The van der Waals surface area contributed by atoms with E-state index in [9.17, 15) is 4.79 Å². The number of hydrogen-bond donors (Lipinski definition) is 1. The normalized spacial score (nSPS) is 10.7. The Bertz CT molecular complexity index is 987. The lowest BCUT2D eigenvalue weighted by Crippen LogP contribution is -2.11. The highest BCUT2D eigenvalue weighted by Crippen LogP contribution is 2.43. The molecule has 0 saturated carbocycles. The lowest BCUT2D eigenvalue weighted by atomic mass is 10.2. The highest BCUT2D eigenvalue weighted by molar-refractivity contribution is 7.22. The van der Waals surface area contributed by atoms with E-state index in [0.29, 0.717) is 47.9 Å². The van der Waals surface area contributed by atoms with E-state index in [1.807, 2.05) is 0 Å². The molecule has 0 radical (unpaired) electrons. The van der Waals surface area contributed by atoms with Crippen LogP contribution in [0.15, 0.2) is 30.3 Å². The molecule has 1 N–H and O–H groups in total. The summed E-state index contributed by atoms with van der Waals surface area (Å²) in [5.74, 6) is 1.27. The number of anilines is 1. The van der Waals surface area contributed by atoms with E-state index in [2.05, 4.69) is 5.32 Å². The molecule has 1 heterocycles. The molecule has 2 aromatic carbocycles. The quantitative estimate of drug-likeness (QED) is 0.603. The largest absolute Gasteiger partial charge is 0.497 e. The molecule has 0 bridgehead atoms. The number of hydrogen-bond acceptors (Lipinski definition) is 5. The van der Waals surface area contributed by atoms with Crippen molar-refractivity contribution in [1.29, 1.82) is 0 Å². The van der Waals surface area contributed by atoms with Gasteiger partial charge in [0, 0.05) is 11.5 Å². The van der Waals surface area contributed by atoms with Gasteiger partial charge < -0.3 is 19.5 Å². The molecule has 3 rings (SSSR count). The summed E-state index contributed by atoms with van der Waals surface area (Å²) in [5.41, 5.74) is 0.481. The van der Waals surface area contributed by atoms with E-state index >= 15 is 0 Å². The number of carbonyl (C=O) groups is 1. The molecule has 0 atom stereocenters. The van der Waals surface area contributed by atoms with Crippen LogP contribution in [0.25, 0.3) is 10.1 Å². The van der Waals surface area contributed by atoms with Gasteiger partial charge in [0.2, 0.25) is 0 Å². The number of halogens is 2. The Balaban J connectivity index is 2.01. The number of amides is 1. The molecule has 3 aromatic rings. The van der Waals surface area contributed by atoms with Crippen LogP contribution in [0.5, 0.6) is 17.2 Å². The third-order valence-electron chi connectivity index (χ3n) is 3.78. The maximum Gasteiger partial charge on any atom is 0.267 e. The molecule has 136 valence electrons. The number of ether oxygens (including phenoxy) is 3. The van der Waals surface area contributed by atoms with Crippen LogP contribution in [0.1, 0.15) is 9.67 Å². The van der Waals surface area contributed by atoms with Gasteiger partial charge in [-0.25, -0.2) is 0 Å². The fourth-order valence-electron chi connectivity index (χ4n) is 2.47. The zero-order valence-electron chi connectivity index (χ0n) is 14.2. The first-order chi connectivity index (χ1) is 12.5. The Morgan fingerprint density at radius 3 is 2.31 bits per heavy atom. The molecule has 0 unspecified atom stereocenters. The summed E-state index contributed by atoms with van der Waals surface area (Å²) in [6.07, 6.45) is 0. The first-order valence-electron chi connectivity index (χ1n) is 7.48. The molecule has 5 nitrogen and oxygen atoms in total. The van der Waals surface area contributed by atoms with Crippen molar-refractivity contribution in [2.45, 2.75) is 0 Å². The van der Waals surface area contributed by atoms with Gasteiger partial charge >= 0.3 is 0 Å². The van der Waals surface area contributed by atoms with Crippen LogP contribution >= 0.6 is 34.5 Å². The maximum atomic E-state index is 12.8. The zero-order valence-corrected chi connectivity index (χ0v) is 16.5. The molecule has 0 fully saturated rings. The number of fused-ring (bicyclic) bond motifs is 1. The van der Waals surface area contributed by atoms with Crippen molar-refractivity contribution in [3.63, 3.8) is 0 Å². The van der Waals surface area contributed by atoms with Gasteiger partial charge in [0.1, 0.15) is 27.1 Å². The van der Waals surface area contributed by atoms with Crippen LogP contribution in [0.2, 0.25) is 10.0 Å². The van der Waals surface area contributed by atoms with Crippen molar-refractivity contribution >= 4 is 56.2 Å². The third kappa shape index (κ3) is 3.28. The second kappa shape index (κ2) is 7.61. The summed E-state index contributed by atoms with van der Waals surface area (Å²) in [5, 5.41) is 4.28. The van der Waals surface area contributed by atoms with Gasteiger partial charge in [0.15, 0.2) is 0 Å². The van der Waals surface area contributed by atoms with Gasteiger partial charge in [-0.1, -0.05) is 23.2 Å². The molecule has 26 heavy (non-hydrogen) atoms. The van der Waals surface area contributed by atoms with Gasteiger partial charge in [0.05, 0.1) is 36.7 Å². The smallest absolute Gasteiger partial charge is 0.267 e. The summed E-state index contributed by atoms with van der Waals surface area (Å²) in [4.78, 5) is 13.1. The average Bonchev–Trinajstić information content (AvgIpc) is 2.99. The average molecular weight is 412 g/mol. The van der Waals surface area contributed by atoms with E-state index in [0.717, 1.165) is 0 Å². The minimum Gasteiger partial charge on any atom is -0.497 e. The zero-order chi connectivity index (χ0) is 18.8. The monoisotopic (exact) mass is 411 g/mol. The fourth-order valence-corrected chi connectivity index (χ4v) is 4.26. The molecule has 0 aliphatic rings. The van der Waals surface area contributed by atoms with Crippen molar-refractivity contribution in [1.82, 2.24) is 0 Å². The van der Waals surface area contributed by atoms with Gasteiger partial charge in [0.25, 0.3) is 5.91 Å². The third-order valence-corrected chi connectivity index (χ3v) is 6.00. The van der Waals surface area contributed by atoms with E-state index in [1.54, 1.807) is 37.4 Å². The summed E-state index contributed by atoms with van der Waals surface area (Å²) < 4.78 is 16.4. The number of benzene rings is 2. The minimum absolute atomic E-state index is 0.342. The van der Waals surface area contributed by atoms with Crippen molar-refractivity contribution in [2.75, 3.05) is 26.6 Å². The Hall–Kier alpha value is -2.15. The van der Waals surface area contributed by atoms with Crippen LogP contribution < -0.4 is 19.5 Å². The second-order valence-corrected chi connectivity index (χ2v) is 7.00.